The number of benzene rings is 1. The number of amides is 1. The molecule has 0 fully saturated rings. The van der Waals surface area contributed by atoms with Crippen LogP contribution in [0.2, 0.25) is 0 Å². The first-order valence-electron chi connectivity index (χ1n) is 7.88. The molecule has 1 amide bonds. The van der Waals surface area contributed by atoms with Crippen molar-refractivity contribution in [2.75, 3.05) is 16.9 Å². The fourth-order valence-electron chi connectivity index (χ4n) is 2.31. The summed E-state index contributed by atoms with van der Waals surface area (Å²) in [5.74, 6) is 6.62. The summed E-state index contributed by atoms with van der Waals surface area (Å²) in [6, 6.07) is 13.7. The maximum Gasteiger partial charge on any atom is 0.236 e. The van der Waals surface area contributed by atoms with E-state index in [0.29, 0.717) is 16.1 Å². The highest BCUT2D eigenvalue weighted by atomic mass is 32.2. The summed E-state index contributed by atoms with van der Waals surface area (Å²) in [4.78, 5) is 17.6. The van der Waals surface area contributed by atoms with E-state index in [1.165, 1.54) is 39.1 Å². The number of rotatable bonds is 6. The number of carbonyl (C=O) groups is 1. The zero-order valence-electron chi connectivity index (χ0n) is 13.9. The Morgan fingerprint density at radius 1 is 1.15 bits per heavy atom. The predicted octanol–water partition coefficient (Wildman–Crippen LogP) is 3.57. The van der Waals surface area contributed by atoms with E-state index in [9.17, 15) is 4.79 Å². The van der Waals surface area contributed by atoms with Gasteiger partial charge in [-0.3, -0.25) is 4.79 Å². The van der Waals surface area contributed by atoms with Crippen LogP contribution in [0.15, 0.2) is 58.4 Å². The number of thioether (sulfide) groups is 1. The lowest BCUT2D eigenvalue weighted by Crippen LogP contribution is -2.16. The molecular formula is C17H14N6OS3. The van der Waals surface area contributed by atoms with E-state index < -0.39 is 0 Å². The fourth-order valence-corrected chi connectivity index (χ4v) is 4.41. The SMILES string of the molecule is Nn1c(SCC(=O)Nc2nc(-c3ccccc3)cs2)nnc1-c1cccs1. The molecule has 4 rings (SSSR count). The van der Waals surface area contributed by atoms with Crippen molar-refractivity contribution in [1.82, 2.24) is 19.9 Å². The van der Waals surface area contributed by atoms with Crippen molar-refractivity contribution in [3.05, 3.63) is 53.2 Å². The number of nitrogen functional groups attached to an aromatic ring is 1. The monoisotopic (exact) mass is 414 g/mol. The Bertz CT molecular complexity index is 1040. The molecule has 0 saturated carbocycles. The summed E-state index contributed by atoms with van der Waals surface area (Å²) in [6.45, 7) is 0. The average molecular weight is 415 g/mol. The molecule has 0 spiro atoms. The Balaban J connectivity index is 1.36. The molecule has 7 nitrogen and oxygen atoms in total. The van der Waals surface area contributed by atoms with Gasteiger partial charge in [0.2, 0.25) is 11.1 Å². The van der Waals surface area contributed by atoms with Gasteiger partial charge in [-0.15, -0.1) is 32.9 Å². The third kappa shape index (κ3) is 4.02. The van der Waals surface area contributed by atoms with E-state index in [4.69, 9.17) is 5.84 Å². The Morgan fingerprint density at radius 3 is 2.78 bits per heavy atom. The molecule has 3 heterocycles. The highest BCUT2D eigenvalue weighted by molar-refractivity contribution is 7.99. The minimum atomic E-state index is -0.172. The molecular weight excluding hydrogens is 400 g/mol. The zero-order chi connectivity index (χ0) is 18.6. The third-order valence-electron chi connectivity index (χ3n) is 3.56. The summed E-state index contributed by atoms with van der Waals surface area (Å²) in [5.41, 5.74) is 1.85. The summed E-state index contributed by atoms with van der Waals surface area (Å²) in [5, 5.41) is 15.9. The maximum atomic E-state index is 12.2. The molecule has 0 bridgehead atoms. The smallest absolute Gasteiger partial charge is 0.236 e. The fraction of sp³-hybridized carbons (Fsp3) is 0.0588. The van der Waals surface area contributed by atoms with Crippen LogP contribution in [0, 0.1) is 0 Å². The topological polar surface area (TPSA) is 98.7 Å². The van der Waals surface area contributed by atoms with Crippen molar-refractivity contribution in [3.8, 4) is 22.0 Å². The van der Waals surface area contributed by atoms with E-state index in [1.807, 2.05) is 53.2 Å². The Morgan fingerprint density at radius 2 is 2.00 bits per heavy atom. The van der Waals surface area contributed by atoms with Gasteiger partial charge in [0.15, 0.2) is 11.0 Å². The minimum absolute atomic E-state index is 0.167. The second-order valence-electron chi connectivity index (χ2n) is 5.39. The van der Waals surface area contributed by atoms with Crippen molar-refractivity contribution < 1.29 is 4.79 Å². The van der Waals surface area contributed by atoms with E-state index in [0.717, 1.165) is 16.1 Å². The first-order chi connectivity index (χ1) is 13.2. The second kappa shape index (κ2) is 7.91. The molecule has 0 aliphatic carbocycles. The van der Waals surface area contributed by atoms with E-state index in [1.54, 1.807) is 0 Å². The summed E-state index contributed by atoms with van der Waals surface area (Å²) >= 11 is 4.15. The molecule has 0 unspecified atom stereocenters. The van der Waals surface area contributed by atoms with E-state index >= 15 is 0 Å². The molecule has 0 atom stereocenters. The van der Waals surface area contributed by atoms with Crippen LogP contribution in [0.1, 0.15) is 0 Å². The first-order valence-corrected chi connectivity index (χ1v) is 10.6. The van der Waals surface area contributed by atoms with Crippen molar-refractivity contribution >= 4 is 45.5 Å². The molecule has 1 aromatic carbocycles. The number of nitrogens with two attached hydrogens (primary N) is 1. The van der Waals surface area contributed by atoms with Crippen LogP contribution in [0.4, 0.5) is 5.13 Å². The minimum Gasteiger partial charge on any atom is -0.335 e. The quantitative estimate of drug-likeness (QED) is 0.370. The third-order valence-corrected chi connectivity index (χ3v) is 6.13. The summed E-state index contributed by atoms with van der Waals surface area (Å²) in [7, 11) is 0. The number of hydrogen-bond donors (Lipinski definition) is 2. The van der Waals surface area contributed by atoms with Gasteiger partial charge in [0.1, 0.15) is 0 Å². The Hall–Kier alpha value is -2.69. The lowest BCUT2D eigenvalue weighted by Gasteiger charge is -2.03. The van der Waals surface area contributed by atoms with Gasteiger partial charge >= 0.3 is 0 Å². The van der Waals surface area contributed by atoms with Gasteiger partial charge in [0.05, 0.1) is 16.3 Å². The van der Waals surface area contributed by atoms with Crippen LogP contribution in [0.25, 0.3) is 22.0 Å². The molecule has 0 aliphatic heterocycles. The maximum absolute atomic E-state index is 12.2. The zero-order valence-corrected chi connectivity index (χ0v) is 16.4. The molecule has 27 heavy (non-hydrogen) atoms. The van der Waals surface area contributed by atoms with Crippen LogP contribution in [0.3, 0.4) is 0 Å². The first kappa shape index (κ1) is 17.7. The van der Waals surface area contributed by atoms with Crippen molar-refractivity contribution in [2.45, 2.75) is 5.16 Å². The molecule has 4 aromatic rings. The van der Waals surface area contributed by atoms with Crippen molar-refractivity contribution in [1.29, 1.82) is 0 Å². The molecule has 136 valence electrons. The predicted molar refractivity (Wildman–Crippen MR) is 110 cm³/mol. The standard InChI is InChI=1S/C17H14N6OS3/c18-23-15(13-7-4-8-25-13)21-22-17(23)27-10-14(24)20-16-19-12(9-26-16)11-5-2-1-3-6-11/h1-9H,10,18H2,(H,19,20,24). The van der Waals surface area contributed by atoms with Crippen LogP contribution in [-0.4, -0.2) is 31.5 Å². The highest BCUT2D eigenvalue weighted by Gasteiger charge is 2.15. The number of thiophene rings is 1. The van der Waals surface area contributed by atoms with Gasteiger partial charge in [-0.1, -0.05) is 48.2 Å². The molecule has 0 radical (unpaired) electrons. The second-order valence-corrected chi connectivity index (χ2v) is 8.14. The summed E-state index contributed by atoms with van der Waals surface area (Å²) in [6.07, 6.45) is 0. The van der Waals surface area contributed by atoms with Gasteiger partial charge in [-0.25, -0.2) is 9.66 Å². The number of nitrogens with one attached hydrogen (secondary N) is 1. The lowest BCUT2D eigenvalue weighted by atomic mass is 10.2. The molecule has 10 heteroatoms. The van der Waals surface area contributed by atoms with Crippen LogP contribution in [0.5, 0.6) is 0 Å². The van der Waals surface area contributed by atoms with Gasteiger partial charge in [-0.2, -0.15) is 0 Å². The number of thiazole rings is 1. The number of aromatic nitrogens is 4. The van der Waals surface area contributed by atoms with Crippen molar-refractivity contribution in [3.63, 3.8) is 0 Å². The molecule has 0 aliphatic rings. The Kier molecular flexibility index (Phi) is 5.19. The number of nitrogens with zero attached hydrogens (tertiary/aromatic N) is 4. The van der Waals surface area contributed by atoms with E-state index in [2.05, 4.69) is 20.5 Å². The van der Waals surface area contributed by atoms with Crippen LogP contribution < -0.4 is 11.2 Å². The Labute approximate surface area is 167 Å². The van der Waals surface area contributed by atoms with Gasteiger partial charge in [0, 0.05) is 10.9 Å². The van der Waals surface area contributed by atoms with Gasteiger partial charge < -0.3 is 11.2 Å². The van der Waals surface area contributed by atoms with Gasteiger partial charge in [-0.05, 0) is 11.4 Å². The largest absolute Gasteiger partial charge is 0.335 e. The normalized spacial score (nSPS) is 10.8. The molecule has 3 N–H and O–H groups in total. The number of anilines is 1. The van der Waals surface area contributed by atoms with Crippen LogP contribution in [-0.2, 0) is 4.79 Å². The van der Waals surface area contributed by atoms with Gasteiger partial charge in [0.25, 0.3) is 0 Å². The number of hydrogen-bond acceptors (Lipinski definition) is 8. The molecule has 0 saturated heterocycles. The summed E-state index contributed by atoms with van der Waals surface area (Å²) < 4.78 is 1.40. The average Bonchev–Trinajstić information content (AvgIpc) is 3.42. The lowest BCUT2D eigenvalue weighted by molar-refractivity contribution is -0.113. The molecule has 3 aromatic heterocycles. The van der Waals surface area contributed by atoms with Crippen LogP contribution >= 0.6 is 34.4 Å². The van der Waals surface area contributed by atoms with E-state index in [-0.39, 0.29) is 11.7 Å². The number of carbonyl (C=O) groups excluding carboxylic acids is 1. The van der Waals surface area contributed by atoms with Crippen molar-refractivity contribution in [2.24, 2.45) is 0 Å². The highest BCUT2D eigenvalue weighted by Crippen LogP contribution is 2.26.